The summed E-state index contributed by atoms with van der Waals surface area (Å²) in [6, 6.07) is 0. The molecular weight excluding hydrogens is 236 g/mol. The Morgan fingerprint density at radius 1 is 1.00 bits per heavy atom. The van der Waals surface area contributed by atoms with Gasteiger partial charge in [-0.3, -0.25) is 5.01 Å². The number of anilines is 2. The summed E-state index contributed by atoms with van der Waals surface area (Å²) in [6.07, 6.45) is 0.992. The fourth-order valence-corrected chi connectivity index (χ4v) is 1.45. The normalized spacial score (nSPS) is 15.3. The molecule has 0 fully saturated rings. The zero-order chi connectivity index (χ0) is 13.1. The van der Waals surface area contributed by atoms with E-state index in [2.05, 4.69) is 24.9 Å². The minimum atomic E-state index is 0.0914. The van der Waals surface area contributed by atoms with Crippen LogP contribution in [0.1, 0.15) is 12.2 Å². The molecule has 10 heteroatoms. The first-order chi connectivity index (χ1) is 8.54. The predicted octanol–water partition coefficient (Wildman–Crippen LogP) is -2.17. The van der Waals surface area contributed by atoms with Crippen LogP contribution in [0.4, 0.5) is 11.9 Å². The molecule has 0 amide bonds. The Morgan fingerprint density at radius 2 is 1.67 bits per heavy atom. The molecule has 18 heavy (non-hydrogen) atoms. The van der Waals surface area contributed by atoms with E-state index in [4.69, 9.17) is 23.0 Å². The van der Waals surface area contributed by atoms with Gasteiger partial charge in [0.25, 0.3) is 0 Å². The monoisotopic (exact) mass is 250 g/mol. The SMILES string of the molecule is NC1=NCN(N)C(CCc2nc(N)nc(N)n2)=N1. The molecule has 1 aromatic heterocycles. The molecule has 0 radical (unpaired) electrons. The highest BCUT2D eigenvalue weighted by Crippen LogP contribution is 2.05. The summed E-state index contributed by atoms with van der Waals surface area (Å²) >= 11 is 0. The number of amidine groups is 1. The number of hydrazine groups is 1. The van der Waals surface area contributed by atoms with Gasteiger partial charge in [-0.15, -0.1) is 0 Å². The van der Waals surface area contributed by atoms with E-state index in [1.165, 1.54) is 5.01 Å². The van der Waals surface area contributed by atoms with Gasteiger partial charge >= 0.3 is 0 Å². The zero-order valence-electron chi connectivity index (χ0n) is 9.61. The molecule has 0 aromatic carbocycles. The average molecular weight is 250 g/mol. The maximum atomic E-state index is 5.70. The third-order valence-corrected chi connectivity index (χ3v) is 2.25. The molecular formula is C8H14N10. The summed E-state index contributed by atoms with van der Waals surface area (Å²) in [5.74, 6) is 7.19. The number of aryl methyl sites for hydroxylation is 1. The highest BCUT2D eigenvalue weighted by atomic mass is 15.5. The molecule has 0 spiro atoms. The number of nitrogen functional groups attached to an aromatic ring is 2. The molecule has 1 aromatic rings. The second kappa shape index (κ2) is 4.79. The number of hydrogen-bond acceptors (Lipinski definition) is 10. The number of rotatable bonds is 3. The maximum Gasteiger partial charge on any atom is 0.225 e. The van der Waals surface area contributed by atoms with Crippen molar-refractivity contribution in [2.45, 2.75) is 12.8 Å². The Hall–Kier alpha value is -2.49. The van der Waals surface area contributed by atoms with Crippen molar-refractivity contribution in [2.24, 2.45) is 21.6 Å². The summed E-state index contributed by atoms with van der Waals surface area (Å²) in [6.45, 7) is 0.284. The Labute approximate surface area is 103 Å². The molecule has 1 aliphatic heterocycles. The molecule has 0 saturated heterocycles. The average Bonchev–Trinajstić information content (AvgIpc) is 2.29. The highest BCUT2D eigenvalue weighted by molar-refractivity contribution is 5.96. The van der Waals surface area contributed by atoms with Crippen molar-refractivity contribution in [3.05, 3.63) is 5.82 Å². The standard InChI is InChI=1S/C8H14N10/c9-6-13-3-18(12)5(16-6)2-1-4-14-7(10)17-8(11)15-4/h1-3,12H2,(H2,9,13)(H4,10,11,14,15,17). The van der Waals surface area contributed by atoms with E-state index in [1.807, 2.05) is 0 Å². The van der Waals surface area contributed by atoms with Crippen LogP contribution in [0.3, 0.4) is 0 Å². The van der Waals surface area contributed by atoms with Gasteiger partial charge in [-0.1, -0.05) is 0 Å². The number of aliphatic imine (C=N–C) groups is 2. The van der Waals surface area contributed by atoms with Crippen LogP contribution in [-0.2, 0) is 6.42 Å². The Morgan fingerprint density at radius 3 is 2.33 bits per heavy atom. The fourth-order valence-electron chi connectivity index (χ4n) is 1.45. The first kappa shape index (κ1) is 12.0. The largest absolute Gasteiger partial charge is 0.368 e. The lowest BCUT2D eigenvalue weighted by molar-refractivity contribution is 0.438. The molecule has 8 N–H and O–H groups in total. The van der Waals surface area contributed by atoms with Crippen molar-refractivity contribution in [1.82, 2.24) is 20.0 Å². The highest BCUT2D eigenvalue weighted by Gasteiger charge is 2.13. The van der Waals surface area contributed by atoms with Crippen molar-refractivity contribution >= 4 is 23.7 Å². The van der Waals surface area contributed by atoms with Crippen LogP contribution in [0.5, 0.6) is 0 Å². The summed E-state index contributed by atoms with van der Waals surface area (Å²) in [7, 11) is 0. The van der Waals surface area contributed by atoms with Crippen LogP contribution in [0, 0.1) is 0 Å². The zero-order valence-corrected chi connectivity index (χ0v) is 9.61. The van der Waals surface area contributed by atoms with E-state index in [-0.39, 0.29) is 24.5 Å². The summed E-state index contributed by atoms with van der Waals surface area (Å²) in [4.78, 5) is 19.5. The molecule has 10 nitrogen and oxygen atoms in total. The second-order valence-corrected chi connectivity index (χ2v) is 3.62. The molecule has 0 bridgehead atoms. The lowest BCUT2D eigenvalue weighted by atomic mass is 10.2. The van der Waals surface area contributed by atoms with Crippen LogP contribution in [0.2, 0.25) is 0 Å². The minimum absolute atomic E-state index is 0.0914. The van der Waals surface area contributed by atoms with Gasteiger partial charge in [0.1, 0.15) is 18.3 Å². The Kier molecular flexibility index (Phi) is 3.19. The van der Waals surface area contributed by atoms with E-state index in [9.17, 15) is 0 Å². The maximum absolute atomic E-state index is 5.70. The number of guanidine groups is 1. The van der Waals surface area contributed by atoms with Gasteiger partial charge in [0.2, 0.25) is 17.9 Å². The summed E-state index contributed by atoms with van der Waals surface area (Å²) < 4.78 is 0. The number of aromatic nitrogens is 3. The van der Waals surface area contributed by atoms with E-state index in [1.54, 1.807) is 0 Å². The van der Waals surface area contributed by atoms with Gasteiger partial charge in [-0.2, -0.15) is 19.9 Å². The van der Waals surface area contributed by atoms with E-state index < -0.39 is 0 Å². The van der Waals surface area contributed by atoms with Crippen LogP contribution >= 0.6 is 0 Å². The second-order valence-electron chi connectivity index (χ2n) is 3.62. The molecule has 96 valence electrons. The van der Waals surface area contributed by atoms with Crippen molar-refractivity contribution < 1.29 is 0 Å². The fraction of sp³-hybridized carbons (Fsp3) is 0.375. The molecule has 2 rings (SSSR count). The molecule has 1 aliphatic rings. The predicted molar refractivity (Wildman–Crippen MR) is 66.9 cm³/mol. The van der Waals surface area contributed by atoms with Crippen molar-refractivity contribution in [2.75, 3.05) is 18.1 Å². The Balaban J connectivity index is 2.05. The van der Waals surface area contributed by atoms with Crippen LogP contribution in [-0.4, -0.2) is 38.4 Å². The van der Waals surface area contributed by atoms with Crippen molar-refractivity contribution in [1.29, 1.82) is 0 Å². The lowest BCUT2D eigenvalue weighted by Crippen LogP contribution is -2.42. The van der Waals surface area contributed by atoms with Gasteiger partial charge < -0.3 is 17.2 Å². The van der Waals surface area contributed by atoms with Gasteiger partial charge in [0.05, 0.1) is 0 Å². The molecule has 0 unspecified atom stereocenters. The molecule has 2 heterocycles. The lowest BCUT2D eigenvalue weighted by Gasteiger charge is -2.21. The van der Waals surface area contributed by atoms with Crippen molar-refractivity contribution in [3.8, 4) is 0 Å². The minimum Gasteiger partial charge on any atom is -0.368 e. The van der Waals surface area contributed by atoms with Crippen molar-refractivity contribution in [3.63, 3.8) is 0 Å². The van der Waals surface area contributed by atoms with E-state index in [0.29, 0.717) is 24.5 Å². The van der Waals surface area contributed by atoms with Crippen LogP contribution in [0.15, 0.2) is 9.98 Å². The van der Waals surface area contributed by atoms with Gasteiger partial charge in [-0.25, -0.2) is 10.8 Å². The van der Waals surface area contributed by atoms with E-state index >= 15 is 0 Å². The third-order valence-electron chi connectivity index (χ3n) is 2.25. The number of nitrogens with zero attached hydrogens (tertiary/aromatic N) is 6. The smallest absolute Gasteiger partial charge is 0.225 e. The first-order valence-corrected chi connectivity index (χ1v) is 5.20. The first-order valence-electron chi connectivity index (χ1n) is 5.20. The van der Waals surface area contributed by atoms with Gasteiger partial charge in [-0.05, 0) is 0 Å². The molecule has 0 atom stereocenters. The van der Waals surface area contributed by atoms with Crippen LogP contribution < -0.4 is 23.0 Å². The summed E-state index contributed by atoms with van der Waals surface area (Å²) in [5.41, 5.74) is 16.4. The number of nitrogens with two attached hydrogens (primary N) is 4. The number of hydrogen-bond donors (Lipinski definition) is 4. The van der Waals surface area contributed by atoms with Crippen LogP contribution in [0.25, 0.3) is 0 Å². The Bertz CT molecular complexity index is 486. The van der Waals surface area contributed by atoms with E-state index in [0.717, 1.165) is 0 Å². The quantitative estimate of drug-likeness (QED) is 0.439. The third kappa shape index (κ3) is 2.79. The van der Waals surface area contributed by atoms with Gasteiger partial charge in [0.15, 0.2) is 0 Å². The van der Waals surface area contributed by atoms with Gasteiger partial charge in [0, 0.05) is 12.8 Å². The summed E-state index contributed by atoms with van der Waals surface area (Å²) in [5, 5.41) is 1.41. The molecule has 0 aliphatic carbocycles. The topological polar surface area (TPSA) is 171 Å². The molecule has 0 saturated carbocycles.